The van der Waals surface area contributed by atoms with E-state index >= 15 is 0 Å². The second-order valence-electron chi connectivity index (χ2n) is 8.59. The van der Waals surface area contributed by atoms with Gasteiger partial charge in [-0.3, -0.25) is 0 Å². The van der Waals surface area contributed by atoms with Gasteiger partial charge in [0.15, 0.2) is 0 Å². The summed E-state index contributed by atoms with van der Waals surface area (Å²) in [5.74, 6) is -1.80. The summed E-state index contributed by atoms with van der Waals surface area (Å²) in [7, 11) is -3.62. The maximum Gasteiger partial charge on any atom is 0.335 e. The number of anilines is 1. The lowest BCUT2D eigenvalue weighted by Gasteiger charge is -2.21. The number of carboxylic acids is 1. The van der Waals surface area contributed by atoms with Crippen molar-refractivity contribution in [1.29, 1.82) is 0 Å². The molecule has 36 heavy (non-hydrogen) atoms. The van der Waals surface area contributed by atoms with Crippen molar-refractivity contribution >= 4 is 33.3 Å². The fourth-order valence-electron chi connectivity index (χ4n) is 3.92. The van der Waals surface area contributed by atoms with Gasteiger partial charge in [-0.25, -0.2) is 22.3 Å². The van der Waals surface area contributed by atoms with Crippen molar-refractivity contribution in [2.45, 2.75) is 38.6 Å². The van der Waals surface area contributed by atoms with Gasteiger partial charge in [-0.2, -0.15) is 0 Å². The number of sulfonamides is 1. The number of hydrogen-bond acceptors (Lipinski definition) is 4. The van der Waals surface area contributed by atoms with Crippen molar-refractivity contribution in [3.63, 3.8) is 0 Å². The van der Waals surface area contributed by atoms with Crippen LogP contribution in [0.5, 0.6) is 0 Å². The molecule has 0 radical (unpaired) electrons. The SMILES string of the molecule is CCCc1ccc(C(=O)O)cc1NCC(CCS(=O)(=O)NCc1ccc(F)c(Cl)c1)c1ccccc1. The molecule has 3 aromatic rings. The van der Waals surface area contributed by atoms with E-state index in [1.54, 1.807) is 12.1 Å². The first-order valence-electron chi connectivity index (χ1n) is 11.7. The number of carbonyl (C=O) groups is 1. The van der Waals surface area contributed by atoms with Crippen molar-refractivity contribution in [2.75, 3.05) is 17.6 Å². The minimum Gasteiger partial charge on any atom is -0.478 e. The van der Waals surface area contributed by atoms with Gasteiger partial charge in [-0.05, 0) is 53.8 Å². The Morgan fingerprint density at radius 3 is 2.50 bits per heavy atom. The van der Waals surface area contributed by atoms with Crippen LogP contribution in [0.15, 0.2) is 66.7 Å². The summed E-state index contributed by atoms with van der Waals surface area (Å²) in [6.45, 7) is 2.51. The van der Waals surface area contributed by atoms with Crippen LogP contribution in [0, 0.1) is 5.82 Å². The minimum atomic E-state index is -3.62. The van der Waals surface area contributed by atoms with Gasteiger partial charge in [0.1, 0.15) is 5.82 Å². The fraction of sp³-hybridized carbons (Fsp3) is 0.296. The van der Waals surface area contributed by atoms with Crippen LogP contribution in [0.1, 0.15) is 52.7 Å². The topological polar surface area (TPSA) is 95.5 Å². The van der Waals surface area contributed by atoms with Gasteiger partial charge in [-0.15, -0.1) is 0 Å². The Bertz CT molecular complexity index is 1290. The van der Waals surface area contributed by atoms with E-state index in [1.165, 1.54) is 18.2 Å². The first-order valence-corrected chi connectivity index (χ1v) is 13.8. The molecule has 0 aliphatic heterocycles. The summed E-state index contributed by atoms with van der Waals surface area (Å²) < 4.78 is 41.4. The van der Waals surface area contributed by atoms with Gasteiger partial charge in [-0.1, -0.05) is 67.4 Å². The third kappa shape index (κ3) is 8.05. The molecule has 0 saturated heterocycles. The van der Waals surface area contributed by atoms with Crippen molar-refractivity contribution < 1.29 is 22.7 Å². The second-order valence-corrected chi connectivity index (χ2v) is 10.9. The molecule has 3 aromatic carbocycles. The molecule has 0 aromatic heterocycles. The van der Waals surface area contributed by atoms with E-state index in [0.29, 0.717) is 18.5 Å². The van der Waals surface area contributed by atoms with Crippen LogP contribution in [0.2, 0.25) is 5.02 Å². The van der Waals surface area contributed by atoms with Crippen molar-refractivity contribution in [3.8, 4) is 0 Å². The molecule has 0 aliphatic carbocycles. The lowest BCUT2D eigenvalue weighted by atomic mass is 9.96. The number of benzene rings is 3. The van der Waals surface area contributed by atoms with Gasteiger partial charge < -0.3 is 10.4 Å². The molecule has 6 nitrogen and oxygen atoms in total. The van der Waals surface area contributed by atoms with Crippen LogP contribution in [0.3, 0.4) is 0 Å². The highest BCUT2D eigenvalue weighted by molar-refractivity contribution is 7.89. The molecule has 0 spiro atoms. The summed E-state index contributed by atoms with van der Waals surface area (Å²) in [6.07, 6.45) is 2.05. The maximum atomic E-state index is 13.4. The van der Waals surface area contributed by atoms with Crippen molar-refractivity contribution in [3.05, 3.63) is 99.8 Å². The Morgan fingerprint density at radius 1 is 1.08 bits per heavy atom. The number of halogens is 2. The van der Waals surface area contributed by atoms with E-state index in [9.17, 15) is 22.7 Å². The lowest BCUT2D eigenvalue weighted by molar-refractivity contribution is 0.0697. The highest BCUT2D eigenvalue weighted by atomic mass is 35.5. The molecule has 0 bridgehead atoms. The first kappa shape index (κ1) is 27.6. The zero-order valence-electron chi connectivity index (χ0n) is 20.0. The van der Waals surface area contributed by atoms with Crippen LogP contribution >= 0.6 is 11.6 Å². The Kier molecular flexibility index (Phi) is 9.87. The van der Waals surface area contributed by atoms with Gasteiger partial charge in [0.05, 0.1) is 16.3 Å². The number of aromatic carboxylic acids is 1. The summed E-state index contributed by atoms with van der Waals surface area (Å²) >= 11 is 5.79. The molecule has 3 rings (SSSR count). The Hall–Kier alpha value is -2.94. The molecule has 0 saturated carbocycles. The second kappa shape index (κ2) is 12.9. The normalized spacial score (nSPS) is 12.3. The smallest absolute Gasteiger partial charge is 0.335 e. The largest absolute Gasteiger partial charge is 0.478 e. The summed E-state index contributed by atoms with van der Waals surface area (Å²) in [4.78, 5) is 11.5. The third-order valence-electron chi connectivity index (χ3n) is 5.90. The summed E-state index contributed by atoms with van der Waals surface area (Å²) in [6, 6.07) is 18.7. The van der Waals surface area contributed by atoms with Crippen LogP contribution in [0.25, 0.3) is 0 Å². The predicted molar refractivity (Wildman–Crippen MR) is 142 cm³/mol. The molecular weight excluding hydrogens is 503 g/mol. The number of hydrogen-bond donors (Lipinski definition) is 3. The lowest BCUT2D eigenvalue weighted by Crippen LogP contribution is -2.28. The average molecular weight is 533 g/mol. The van der Waals surface area contributed by atoms with E-state index < -0.39 is 21.8 Å². The van der Waals surface area contributed by atoms with E-state index in [2.05, 4.69) is 17.0 Å². The highest BCUT2D eigenvalue weighted by Crippen LogP contribution is 2.25. The van der Waals surface area contributed by atoms with Crippen LogP contribution in [-0.2, 0) is 23.0 Å². The summed E-state index contributed by atoms with van der Waals surface area (Å²) in [5.41, 5.74) is 3.50. The van der Waals surface area contributed by atoms with Gasteiger partial charge in [0.2, 0.25) is 10.0 Å². The highest BCUT2D eigenvalue weighted by Gasteiger charge is 2.18. The molecule has 9 heteroatoms. The molecule has 3 N–H and O–H groups in total. The Labute approximate surface area is 216 Å². The molecular formula is C27H30ClFN2O4S. The van der Waals surface area contributed by atoms with Crippen LogP contribution in [-0.4, -0.2) is 31.8 Å². The standard InChI is InChI=1S/C27H30ClFN2O4S/c1-2-6-21-10-11-22(27(32)33)16-26(21)30-18-23(20-7-4-3-5-8-20)13-14-36(34,35)31-17-19-9-12-25(29)24(28)15-19/h3-5,7-12,15-16,23,30-31H,2,6,13-14,17-18H2,1H3,(H,32,33). The maximum absolute atomic E-state index is 13.4. The van der Waals surface area contributed by atoms with E-state index in [4.69, 9.17) is 11.6 Å². The molecule has 0 aliphatic rings. The van der Waals surface area contributed by atoms with E-state index in [0.717, 1.165) is 29.7 Å². The molecule has 1 unspecified atom stereocenters. The number of nitrogens with one attached hydrogen (secondary N) is 2. The summed E-state index contributed by atoms with van der Waals surface area (Å²) in [5, 5.41) is 12.7. The van der Waals surface area contributed by atoms with Crippen molar-refractivity contribution in [2.24, 2.45) is 0 Å². The Morgan fingerprint density at radius 2 is 1.83 bits per heavy atom. The number of rotatable bonds is 13. The quantitative estimate of drug-likeness (QED) is 0.257. The van der Waals surface area contributed by atoms with Crippen molar-refractivity contribution in [1.82, 2.24) is 4.72 Å². The average Bonchev–Trinajstić information content (AvgIpc) is 2.86. The van der Waals surface area contributed by atoms with E-state index in [-0.39, 0.29) is 28.8 Å². The first-order chi connectivity index (χ1) is 17.2. The van der Waals surface area contributed by atoms with Gasteiger partial charge in [0, 0.05) is 24.7 Å². The molecule has 1 atom stereocenters. The molecule has 0 fully saturated rings. The molecule has 0 heterocycles. The van der Waals surface area contributed by atoms with Crippen LogP contribution in [0.4, 0.5) is 10.1 Å². The van der Waals surface area contributed by atoms with Crippen LogP contribution < -0.4 is 10.0 Å². The zero-order chi connectivity index (χ0) is 26.1. The fourth-order valence-corrected chi connectivity index (χ4v) is 5.25. The Balaban J connectivity index is 1.71. The monoisotopic (exact) mass is 532 g/mol. The molecule has 0 amide bonds. The number of carboxylic acid groups (broad SMARTS) is 1. The predicted octanol–water partition coefficient (Wildman–Crippen LogP) is 5.84. The zero-order valence-corrected chi connectivity index (χ0v) is 21.6. The molecule has 192 valence electrons. The van der Waals surface area contributed by atoms with Gasteiger partial charge in [0.25, 0.3) is 0 Å². The van der Waals surface area contributed by atoms with E-state index in [1.807, 2.05) is 36.4 Å². The van der Waals surface area contributed by atoms with Gasteiger partial charge >= 0.3 is 5.97 Å². The number of aryl methyl sites for hydroxylation is 1. The third-order valence-corrected chi connectivity index (χ3v) is 7.55. The minimum absolute atomic E-state index is 0.0128.